The van der Waals surface area contributed by atoms with E-state index in [0.29, 0.717) is 0 Å². The Morgan fingerprint density at radius 2 is 2.29 bits per heavy atom. The molecule has 1 heterocycles. The molecule has 7 heteroatoms. The van der Waals surface area contributed by atoms with Crippen LogP contribution in [0.4, 0.5) is 0 Å². The van der Waals surface area contributed by atoms with Crippen LogP contribution < -0.4 is 5.32 Å². The number of carbonyl (C=O) groups excluding carboxylic acids is 1. The highest BCUT2D eigenvalue weighted by molar-refractivity contribution is 7.09. The van der Waals surface area contributed by atoms with Gasteiger partial charge in [0.2, 0.25) is 5.91 Å². The van der Waals surface area contributed by atoms with Crippen molar-refractivity contribution < 1.29 is 19.4 Å². The molecule has 0 aliphatic rings. The van der Waals surface area contributed by atoms with Gasteiger partial charge >= 0.3 is 5.97 Å². The van der Waals surface area contributed by atoms with Gasteiger partial charge in [-0.05, 0) is 13.8 Å². The number of nitrogens with one attached hydrogen (secondary N) is 1. The topological polar surface area (TPSA) is 88.5 Å². The summed E-state index contributed by atoms with van der Waals surface area (Å²) in [5.41, 5.74) is 0.910. The summed E-state index contributed by atoms with van der Waals surface area (Å²) in [6.45, 7) is 2.96. The SMILES string of the molecule is Cc1csc(C(C)NC(=O)COCC(=O)O)n1. The molecule has 1 atom stereocenters. The van der Waals surface area contributed by atoms with Gasteiger partial charge in [-0.1, -0.05) is 0 Å². The Bertz CT molecular complexity index is 405. The number of thiazole rings is 1. The summed E-state index contributed by atoms with van der Waals surface area (Å²) in [6.07, 6.45) is 0. The number of hydrogen-bond acceptors (Lipinski definition) is 5. The highest BCUT2D eigenvalue weighted by atomic mass is 32.1. The molecule has 1 rings (SSSR count). The van der Waals surface area contributed by atoms with Crippen molar-refractivity contribution in [2.45, 2.75) is 19.9 Å². The van der Waals surface area contributed by atoms with Crippen molar-refractivity contribution >= 4 is 23.2 Å². The first-order valence-electron chi connectivity index (χ1n) is 5.00. The summed E-state index contributed by atoms with van der Waals surface area (Å²) in [6, 6.07) is -0.199. The zero-order chi connectivity index (χ0) is 12.8. The molecule has 1 amide bonds. The number of amides is 1. The Morgan fingerprint density at radius 1 is 1.59 bits per heavy atom. The highest BCUT2D eigenvalue weighted by Crippen LogP contribution is 2.16. The summed E-state index contributed by atoms with van der Waals surface area (Å²) in [4.78, 5) is 25.8. The van der Waals surface area contributed by atoms with Gasteiger partial charge in [-0.2, -0.15) is 0 Å². The third-order valence-corrected chi connectivity index (χ3v) is 2.99. The lowest BCUT2D eigenvalue weighted by Crippen LogP contribution is -2.30. The third-order valence-electron chi connectivity index (χ3n) is 1.84. The Balaban J connectivity index is 2.33. The van der Waals surface area contributed by atoms with Crippen molar-refractivity contribution in [2.75, 3.05) is 13.2 Å². The zero-order valence-electron chi connectivity index (χ0n) is 9.60. The van der Waals surface area contributed by atoms with Crippen molar-refractivity contribution in [1.82, 2.24) is 10.3 Å². The van der Waals surface area contributed by atoms with Gasteiger partial charge in [0.25, 0.3) is 0 Å². The van der Waals surface area contributed by atoms with Gasteiger partial charge in [-0.25, -0.2) is 9.78 Å². The van der Waals surface area contributed by atoms with E-state index >= 15 is 0 Å². The van der Waals surface area contributed by atoms with Crippen molar-refractivity contribution in [3.63, 3.8) is 0 Å². The maximum Gasteiger partial charge on any atom is 0.329 e. The number of aryl methyl sites for hydroxylation is 1. The quantitative estimate of drug-likeness (QED) is 0.785. The number of aliphatic carboxylic acids is 1. The number of aromatic nitrogens is 1. The Labute approximate surface area is 103 Å². The molecule has 0 aliphatic carbocycles. The predicted octanol–water partition coefficient (Wildman–Crippen LogP) is 0.730. The molecule has 94 valence electrons. The maximum atomic E-state index is 11.4. The summed E-state index contributed by atoms with van der Waals surface area (Å²) < 4.78 is 4.67. The Hall–Kier alpha value is -1.47. The van der Waals surface area contributed by atoms with E-state index < -0.39 is 12.6 Å². The molecule has 0 saturated carbocycles. The van der Waals surface area contributed by atoms with Crippen LogP contribution >= 0.6 is 11.3 Å². The molecule has 1 unspecified atom stereocenters. The lowest BCUT2D eigenvalue weighted by molar-refractivity contribution is -0.143. The van der Waals surface area contributed by atoms with Gasteiger partial charge in [0.15, 0.2) is 0 Å². The first-order valence-corrected chi connectivity index (χ1v) is 5.88. The van der Waals surface area contributed by atoms with Crippen LogP contribution in [0.3, 0.4) is 0 Å². The summed E-state index contributed by atoms with van der Waals surface area (Å²) in [5, 5.41) is 13.7. The number of hydrogen-bond donors (Lipinski definition) is 2. The second kappa shape index (κ2) is 6.31. The molecular formula is C10H14N2O4S. The van der Waals surface area contributed by atoms with Crippen LogP contribution in [-0.4, -0.2) is 35.2 Å². The van der Waals surface area contributed by atoms with Crippen LogP contribution in [0, 0.1) is 6.92 Å². The fourth-order valence-electron chi connectivity index (χ4n) is 1.15. The molecular weight excluding hydrogens is 244 g/mol. The van der Waals surface area contributed by atoms with E-state index in [0.717, 1.165) is 10.7 Å². The molecule has 17 heavy (non-hydrogen) atoms. The molecule has 0 bridgehead atoms. The standard InChI is InChI=1S/C10H14N2O4S/c1-6-5-17-10(11-6)7(2)12-8(13)3-16-4-9(14)15/h5,7H,3-4H2,1-2H3,(H,12,13)(H,14,15). The molecule has 2 N–H and O–H groups in total. The number of ether oxygens (including phenoxy) is 1. The van der Waals surface area contributed by atoms with Crippen molar-refractivity contribution in [3.05, 3.63) is 16.1 Å². The zero-order valence-corrected chi connectivity index (χ0v) is 10.4. The second-order valence-electron chi connectivity index (χ2n) is 3.50. The molecule has 0 aliphatic heterocycles. The minimum Gasteiger partial charge on any atom is -0.480 e. The van der Waals surface area contributed by atoms with Crippen molar-refractivity contribution in [2.24, 2.45) is 0 Å². The first kappa shape index (κ1) is 13.6. The number of carbonyl (C=O) groups is 2. The molecule has 6 nitrogen and oxygen atoms in total. The highest BCUT2D eigenvalue weighted by Gasteiger charge is 2.12. The van der Waals surface area contributed by atoms with Gasteiger partial charge < -0.3 is 15.2 Å². The minimum atomic E-state index is -1.10. The summed E-state index contributed by atoms with van der Waals surface area (Å²) >= 11 is 1.47. The predicted molar refractivity (Wildman–Crippen MR) is 61.9 cm³/mol. The van der Waals surface area contributed by atoms with Crippen LogP contribution in [0.5, 0.6) is 0 Å². The van der Waals surface area contributed by atoms with Gasteiger partial charge in [0, 0.05) is 11.1 Å². The van der Waals surface area contributed by atoms with E-state index in [-0.39, 0.29) is 18.6 Å². The molecule has 0 spiro atoms. The minimum absolute atomic E-state index is 0.199. The molecule has 0 fully saturated rings. The van der Waals surface area contributed by atoms with E-state index in [4.69, 9.17) is 5.11 Å². The number of carboxylic acids is 1. The lowest BCUT2D eigenvalue weighted by Gasteiger charge is -2.10. The van der Waals surface area contributed by atoms with Crippen LogP contribution in [0.25, 0.3) is 0 Å². The first-order chi connectivity index (χ1) is 7.99. The fraction of sp³-hybridized carbons (Fsp3) is 0.500. The fourth-order valence-corrected chi connectivity index (χ4v) is 1.95. The van der Waals surface area contributed by atoms with E-state index in [1.807, 2.05) is 19.2 Å². The lowest BCUT2D eigenvalue weighted by atomic mass is 10.3. The van der Waals surface area contributed by atoms with Gasteiger partial charge in [0.1, 0.15) is 18.2 Å². The smallest absolute Gasteiger partial charge is 0.329 e. The molecule has 1 aromatic heterocycles. The van der Waals surface area contributed by atoms with Crippen LogP contribution in [0.2, 0.25) is 0 Å². The average molecular weight is 258 g/mol. The molecule has 0 aromatic carbocycles. The average Bonchev–Trinajstić information content (AvgIpc) is 2.64. The Morgan fingerprint density at radius 3 is 2.82 bits per heavy atom. The summed E-state index contributed by atoms with van der Waals surface area (Å²) in [5.74, 6) is -1.45. The van der Waals surface area contributed by atoms with Crippen LogP contribution in [0.15, 0.2) is 5.38 Å². The van der Waals surface area contributed by atoms with E-state index in [9.17, 15) is 9.59 Å². The van der Waals surface area contributed by atoms with Crippen molar-refractivity contribution in [1.29, 1.82) is 0 Å². The molecule has 0 radical (unpaired) electrons. The molecule has 0 saturated heterocycles. The van der Waals surface area contributed by atoms with E-state index in [2.05, 4.69) is 15.0 Å². The number of nitrogens with zero attached hydrogens (tertiary/aromatic N) is 1. The van der Waals surface area contributed by atoms with Crippen LogP contribution in [-0.2, 0) is 14.3 Å². The normalized spacial score (nSPS) is 12.1. The number of carboxylic acid groups (broad SMARTS) is 1. The third kappa shape index (κ3) is 4.92. The van der Waals surface area contributed by atoms with Crippen molar-refractivity contribution in [3.8, 4) is 0 Å². The monoisotopic (exact) mass is 258 g/mol. The maximum absolute atomic E-state index is 11.4. The number of rotatable bonds is 6. The van der Waals surface area contributed by atoms with Gasteiger partial charge in [-0.15, -0.1) is 11.3 Å². The van der Waals surface area contributed by atoms with Gasteiger partial charge in [-0.3, -0.25) is 4.79 Å². The van der Waals surface area contributed by atoms with Crippen LogP contribution in [0.1, 0.15) is 23.7 Å². The Kier molecular flexibility index (Phi) is 5.05. The van der Waals surface area contributed by atoms with E-state index in [1.54, 1.807) is 0 Å². The van der Waals surface area contributed by atoms with Gasteiger partial charge in [0.05, 0.1) is 6.04 Å². The largest absolute Gasteiger partial charge is 0.480 e. The second-order valence-corrected chi connectivity index (χ2v) is 4.39. The molecule has 1 aromatic rings. The summed E-state index contributed by atoms with van der Waals surface area (Å²) in [7, 11) is 0. The van der Waals surface area contributed by atoms with E-state index in [1.165, 1.54) is 11.3 Å².